The summed E-state index contributed by atoms with van der Waals surface area (Å²) in [6, 6.07) is 0. The van der Waals surface area contributed by atoms with E-state index in [1.807, 2.05) is 12.2 Å². The van der Waals surface area contributed by atoms with Crippen molar-refractivity contribution in [2.45, 2.75) is 32.0 Å². The van der Waals surface area contributed by atoms with Gasteiger partial charge in [0.15, 0.2) is 0 Å². The van der Waals surface area contributed by atoms with Gasteiger partial charge in [0.1, 0.15) is 0 Å². The second-order valence-corrected chi connectivity index (χ2v) is 4.68. The summed E-state index contributed by atoms with van der Waals surface area (Å²) in [6.45, 7) is 2.63. The van der Waals surface area contributed by atoms with Crippen LogP contribution in [0.3, 0.4) is 0 Å². The quantitative estimate of drug-likeness (QED) is 0.521. The molecule has 0 spiro atoms. The van der Waals surface area contributed by atoms with Crippen molar-refractivity contribution in [3.8, 4) is 0 Å². The first-order chi connectivity index (χ1) is 7.74. The van der Waals surface area contributed by atoms with E-state index in [-0.39, 0.29) is 35.9 Å². The molecule has 0 radical (unpaired) electrons. The number of likely N-dealkylation sites (tertiary alicyclic amines) is 1. The molecule has 4 nitrogen and oxygen atoms in total. The molecule has 0 saturated carbocycles. The fourth-order valence-electron chi connectivity index (χ4n) is 2.90. The monoisotopic (exact) mass is 221 g/mol. The standard InChI is InChI=1S/C12H15NO3/c1-2-3-6-13-11(14)9-7-4-5-8(16-7)10(9)12(13)15/h4-5,7-10H,2-3,6H2,1H3/t7-,8+,9+,10-. The second kappa shape index (κ2) is 3.42. The lowest BCUT2D eigenvalue weighted by Crippen LogP contribution is -2.35. The minimum atomic E-state index is -0.237. The molecule has 0 aliphatic carbocycles. The average molecular weight is 221 g/mol. The summed E-state index contributed by atoms with van der Waals surface area (Å²) in [5, 5.41) is 0. The Balaban J connectivity index is 1.83. The number of imide groups is 1. The van der Waals surface area contributed by atoms with E-state index in [2.05, 4.69) is 6.92 Å². The van der Waals surface area contributed by atoms with Crippen LogP contribution in [0.25, 0.3) is 0 Å². The highest BCUT2D eigenvalue weighted by molar-refractivity contribution is 6.06. The highest BCUT2D eigenvalue weighted by Crippen LogP contribution is 2.44. The van der Waals surface area contributed by atoms with Crippen LogP contribution in [-0.2, 0) is 14.3 Å². The number of nitrogens with zero attached hydrogens (tertiary/aromatic N) is 1. The Kier molecular flexibility index (Phi) is 2.14. The summed E-state index contributed by atoms with van der Waals surface area (Å²) in [7, 11) is 0. The van der Waals surface area contributed by atoms with Crippen LogP contribution in [-0.4, -0.2) is 35.5 Å². The first kappa shape index (κ1) is 10.0. The van der Waals surface area contributed by atoms with E-state index in [9.17, 15) is 9.59 Å². The smallest absolute Gasteiger partial charge is 0.236 e. The van der Waals surface area contributed by atoms with Gasteiger partial charge in [-0.3, -0.25) is 14.5 Å². The third-order valence-electron chi connectivity index (χ3n) is 3.74. The predicted octanol–water partition coefficient (Wildman–Crippen LogP) is 0.725. The molecule has 2 saturated heterocycles. The van der Waals surface area contributed by atoms with Crippen LogP contribution in [0.5, 0.6) is 0 Å². The van der Waals surface area contributed by atoms with Gasteiger partial charge in [0.25, 0.3) is 0 Å². The first-order valence-electron chi connectivity index (χ1n) is 5.93. The van der Waals surface area contributed by atoms with Crippen LogP contribution < -0.4 is 0 Å². The zero-order valence-corrected chi connectivity index (χ0v) is 9.26. The van der Waals surface area contributed by atoms with Gasteiger partial charge >= 0.3 is 0 Å². The van der Waals surface area contributed by atoms with Crippen molar-refractivity contribution in [1.29, 1.82) is 0 Å². The first-order valence-corrected chi connectivity index (χ1v) is 5.93. The van der Waals surface area contributed by atoms with Crippen LogP contribution in [0.2, 0.25) is 0 Å². The second-order valence-electron chi connectivity index (χ2n) is 4.68. The summed E-state index contributed by atoms with van der Waals surface area (Å²) in [5.41, 5.74) is 0. The van der Waals surface area contributed by atoms with Crippen molar-refractivity contribution in [1.82, 2.24) is 4.90 Å². The molecule has 3 aliphatic rings. The lowest BCUT2D eigenvalue weighted by atomic mass is 9.85. The van der Waals surface area contributed by atoms with Crippen LogP contribution in [0, 0.1) is 11.8 Å². The number of rotatable bonds is 3. The van der Waals surface area contributed by atoms with Gasteiger partial charge in [0, 0.05) is 6.54 Å². The van der Waals surface area contributed by atoms with E-state index in [4.69, 9.17) is 4.74 Å². The minimum absolute atomic E-state index is 0.0275. The molecule has 2 bridgehead atoms. The van der Waals surface area contributed by atoms with Crippen LogP contribution in [0.4, 0.5) is 0 Å². The third kappa shape index (κ3) is 1.13. The Labute approximate surface area is 94.2 Å². The summed E-state index contributed by atoms with van der Waals surface area (Å²) in [6.07, 6.45) is 5.41. The topological polar surface area (TPSA) is 46.6 Å². The van der Waals surface area contributed by atoms with Gasteiger partial charge < -0.3 is 4.74 Å². The molecular formula is C12H15NO3. The van der Waals surface area contributed by atoms with Crippen molar-refractivity contribution in [3.63, 3.8) is 0 Å². The molecule has 2 amide bonds. The van der Waals surface area contributed by atoms with Crippen molar-refractivity contribution >= 4 is 11.8 Å². The molecule has 3 heterocycles. The molecule has 3 rings (SSSR count). The van der Waals surface area contributed by atoms with Gasteiger partial charge in [0.2, 0.25) is 11.8 Å². The highest BCUT2D eigenvalue weighted by atomic mass is 16.5. The Morgan fingerprint density at radius 1 is 1.19 bits per heavy atom. The number of ether oxygens (including phenoxy) is 1. The molecule has 16 heavy (non-hydrogen) atoms. The molecule has 0 unspecified atom stereocenters. The Morgan fingerprint density at radius 2 is 1.75 bits per heavy atom. The molecule has 0 aromatic rings. The molecule has 0 aromatic carbocycles. The van der Waals surface area contributed by atoms with Crippen LogP contribution in [0.15, 0.2) is 12.2 Å². The van der Waals surface area contributed by atoms with Crippen molar-refractivity contribution in [2.24, 2.45) is 11.8 Å². The number of unbranched alkanes of at least 4 members (excludes halogenated alkanes) is 1. The van der Waals surface area contributed by atoms with Gasteiger partial charge in [-0.05, 0) is 6.42 Å². The number of carbonyl (C=O) groups is 2. The Bertz CT molecular complexity index is 346. The van der Waals surface area contributed by atoms with E-state index >= 15 is 0 Å². The maximum Gasteiger partial charge on any atom is 0.236 e. The summed E-state index contributed by atoms with van der Waals surface area (Å²) >= 11 is 0. The predicted molar refractivity (Wildman–Crippen MR) is 56.4 cm³/mol. The Hall–Kier alpha value is -1.16. The zero-order valence-electron chi connectivity index (χ0n) is 9.26. The van der Waals surface area contributed by atoms with Gasteiger partial charge in [-0.2, -0.15) is 0 Å². The van der Waals surface area contributed by atoms with Gasteiger partial charge in [-0.25, -0.2) is 0 Å². The molecular weight excluding hydrogens is 206 g/mol. The van der Waals surface area contributed by atoms with Gasteiger partial charge in [-0.1, -0.05) is 25.5 Å². The Morgan fingerprint density at radius 3 is 2.25 bits per heavy atom. The van der Waals surface area contributed by atoms with Crippen LogP contribution >= 0.6 is 0 Å². The summed E-state index contributed by atoms with van der Waals surface area (Å²) in [5.74, 6) is -0.528. The number of hydrogen-bond donors (Lipinski definition) is 0. The maximum absolute atomic E-state index is 12.1. The van der Waals surface area contributed by atoms with Gasteiger partial charge in [0.05, 0.1) is 24.0 Å². The maximum atomic E-state index is 12.1. The molecule has 4 heteroatoms. The lowest BCUT2D eigenvalue weighted by Gasteiger charge is -2.16. The average Bonchev–Trinajstić information content (AvgIpc) is 2.92. The largest absolute Gasteiger partial charge is 0.365 e. The number of carbonyl (C=O) groups excluding carboxylic acids is 2. The van der Waals surface area contributed by atoms with E-state index < -0.39 is 0 Å². The van der Waals surface area contributed by atoms with E-state index in [1.165, 1.54) is 4.90 Å². The molecule has 0 aromatic heterocycles. The van der Waals surface area contributed by atoms with Crippen LogP contribution in [0.1, 0.15) is 19.8 Å². The summed E-state index contributed by atoms with van der Waals surface area (Å²) < 4.78 is 5.55. The number of amides is 2. The van der Waals surface area contributed by atoms with Crippen molar-refractivity contribution in [3.05, 3.63) is 12.2 Å². The number of hydrogen-bond acceptors (Lipinski definition) is 3. The highest BCUT2D eigenvalue weighted by Gasteiger charge is 2.60. The lowest BCUT2D eigenvalue weighted by molar-refractivity contribution is -0.142. The van der Waals surface area contributed by atoms with Gasteiger partial charge in [-0.15, -0.1) is 0 Å². The van der Waals surface area contributed by atoms with E-state index in [1.54, 1.807) is 0 Å². The van der Waals surface area contributed by atoms with Crippen molar-refractivity contribution < 1.29 is 14.3 Å². The SMILES string of the molecule is CCCCN1C(=O)[C@@H]2[C@H](C1=O)[C@@H]1C=C[C@H]2O1. The molecule has 86 valence electrons. The minimum Gasteiger partial charge on any atom is -0.365 e. The fourth-order valence-corrected chi connectivity index (χ4v) is 2.90. The van der Waals surface area contributed by atoms with Crippen molar-refractivity contribution in [2.75, 3.05) is 6.54 Å². The fraction of sp³-hybridized carbons (Fsp3) is 0.667. The third-order valence-corrected chi connectivity index (χ3v) is 3.74. The molecule has 0 N–H and O–H groups in total. The molecule has 3 aliphatic heterocycles. The molecule has 2 fully saturated rings. The molecule has 4 atom stereocenters. The van der Waals surface area contributed by atoms with E-state index in [0.717, 1.165) is 12.8 Å². The zero-order chi connectivity index (χ0) is 11.3. The summed E-state index contributed by atoms with van der Waals surface area (Å²) in [4.78, 5) is 25.6. The normalized spacial score (nSPS) is 39.9. The van der Waals surface area contributed by atoms with E-state index in [0.29, 0.717) is 6.54 Å². The number of fused-ring (bicyclic) bond motifs is 5.